The fraction of sp³-hybridized carbons (Fsp3) is 0.417. The highest BCUT2D eigenvalue weighted by molar-refractivity contribution is 7.92. The first-order valence-corrected chi connectivity index (χ1v) is 12.4. The van der Waals surface area contributed by atoms with Crippen molar-refractivity contribution in [3.63, 3.8) is 0 Å². The van der Waals surface area contributed by atoms with E-state index < -0.39 is 39.8 Å². The molecular formula is C24H31NO7S. The average Bonchev–Trinajstić information content (AvgIpc) is 2.80. The first-order chi connectivity index (χ1) is 15.8. The third kappa shape index (κ3) is 10.2. The highest BCUT2D eigenvalue weighted by atomic mass is 32.2. The fourth-order valence-corrected chi connectivity index (χ4v) is 4.30. The summed E-state index contributed by atoms with van der Waals surface area (Å²) >= 11 is 0. The van der Waals surface area contributed by atoms with Gasteiger partial charge in [0.15, 0.2) is 16.1 Å². The van der Waals surface area contributed by atoms with Gasteiger partial charge < -0.3 is 19.5 Å². The number of alkyl carbamates (subject to hydrolysis) is 1. The molecule has 0 spiro atoms. The minimum Gasteiger partial charge on any atom is -0.445 e. The summed E-state index contributed by atoms with van der Waals surface area (Å²) in [6, 6.07) is 16.5. The van der Waals surface area contributed by atoms with Gasteiger partial charge in [0.25, 0.3) is 0 Å². The van der Waals surface area contributed by atoms with Crippen LogP contribution in [-0.4, -0.2) is 51.6 Å². The van der Waals surface area contributed by atoms with E-state index in [2.05, 4.69) is 5.32 Å². The van der Waals surface area contributed by atoms with Gasteiger partial charge in [-0.1, -0.05) is 48.5 Å². The maximum atomic E-state index is 12.4. The van der Waals surface area contributed by atoms with Crippen LogP contribution in [0.5, 0.6) is 0 Å². The summed E-state index contributed by atoms with van der Waals surface area (Å²) in [6.45, 7) is 4.21. The number of nitrogens with one attached hydrogen (secondary N) is 1. The summed E-state index contributed by atoms with van der Waals surface area (Å²) in [4.78, 5) is 24.7. The molecule has 2 rings (SSSR count). The van der Waals surface area contributed by atoms with Crippen LogP contribution in [0.4, 0.5) is 4.79 Å². The minimum absolute atomic E-state index is 0.0396. The van der Waals surface area contributed by atoms with Crippen molar-refractivity contribution in [2.24, 2.45) is 0 Å². The molecule has 180 valence electrons. The van der Waals surface area contributed by atoms with E-state index in [1.165, 1.54) is 12.1 Å². The Morgan fingerprint density at radius 2 is 1.61 bits per heavy atom. The Balaban J connectivity index is 1.90. The monoisotopic (exact) mass is 477 g/mol. The van der Waals surface area contributed by atoms with Crippen LogP contribution in [0.3, 0.4) is 0 Å². The zero-order valence-corrected chi connectivity index (χ0v) is 19.8. The molecule has 2 unspecified atom stereocenters. The summed E-state index contributed by atoms with van der Waals surface area (Å²) in [5.41, 5.74) is 0.840. The average molecular weight is 478 g/mol. The van der Waals surface area contributed by atoms with Crippen molar-refractivity contribution < 1.29 is 32.2 Å². The van der Waals surface area contributed by atoms with Crippen LogP contribution in [0, 0.1) is 0 Å². The highest BCUT2D eigenvalue weighted by Crippen LogP contribution is 2.12. The lowest BCUT2D eigenvalue weighted by Crippen LogP contribution is -2.40. The van der Waals surface area contributed by atoms with Gasteiger partial charge in [0.05, 0.1) is 17.5 Å². The van der Waals surface area contributed by atoms with E-state index in [4.69, 9.17) is 14.2 Å². The number of amides is 1. The first kappa shape index (κ1) is 26.5. The smallest absolute Gasteiger partial charge is 0.407 e. The normalized spacial score (nSPS) is 13.2. The van der Waals surface area contributed by atoms with Crippen molar-refractivity contribution in [1.82, 2.24) is 5.32 Å². The van der Waals surface area contributed by atoms with Gasteiger partial charge >= 0.3 is 6.09 Å². The molecule has 0 saturated carbocycles. The molecule has 2 aromatic carbocycles. The molecule has 0 heterocycles. The minimum atomic E-state index is -3.72. The fourth-order valence-electron chi connectivity index (χ4n) is 2.99. The number of ether oxygens (including phenoxy) is 3. The zero-order chi connectivity index (χ0) is 24.1. The van der Waals surface area contributed by atoms with Gasteiger partial charge in [0.2, 0.25) is 0 Å². The Labute approximate surface area is 195 Å². The van der Waals surface area contributed by atoms with Crippen molar-refractivity contribution in [2.75, 3.05) is 19.0 Å². The molecule has 33 heavy (non-hydrogen) atoms. The summed E-state index contributed by atoms with van der Waals surface area (Å²) < 4.78 is 41.0. The van der Waals surface area contributed by atoms with Gasteiger partial charge in [0, 0.05) is 13.0 Å². The van der Waals surface area contributed by atoms with E-state index in [1.54, 1.807) is 25.1 Å². The molecule has 1 amide bonds. The molecule has 0 aliphatic heterocycles. The molecule has 0 radical (unpaired) electrons. The predicted octanol–water partition coefficient (Wildman–Crippen LogP) is 3.50. The lowest BCUT2D eigenvalue weighted by atomic mass is 10.1. The van der Waals surface area contributed by atoms with E-state index in [1.807, 2.05) is 37.3 Å². The molecule has 1 N–H and O–H groups in total. The molecule has 9 heteroatoms. The Morgan fingerprint density at radius 1 is 0.970 bits per heavy atom. The summed E-state index contributed by atoms with van der Waals surface area (Å²) in [6.07, 6.45) is -0.987. The zero-order valence-electron chi connectivity index (χ0n) is 18.9. The number of rotatable bonds is 14. The number of benzene rings is 2. The van der Waals surface area contributed by atoms with Crippen molar-refractivity contribution in [2.45, 2.75) is 50.5 Å². The molecule has 0 aromatic heterocycles. The second kappa shape index (κ2) is 13.7. The highest BCUT2D eigenvalue weighted by Gasteiger charge is 2.22. The van der Waals surface area contributed by atoms with Crippen molar-refractivity contribution in [3.05, 3.63) is 66.2 Å². The molecule has 0 saturated heterocycles. The Bertz CT molecular complexity index is 965. The second-order valence-corrected chi connectivity index (χ2v) is 9.40. The second-order valence-electron chi connectivity index (χ2n) is 7.41. The number of carbonyl (C=O) groups excluding carboxylic acids is 2. The van der Waals surface area contributed by atoms with E-state index in [9.17, 15) is 18.0 Å². The number of Topliss-reactive ketones (excluding diaryl/α,β-unsaturated/α-hetero) is 1. The lowest BCUT2D eigenvalue weighted by molar-refractivity contribution is -0.132. The number of sulfone groups is 1. The molecule has 0 aliphatic rings. The summed E-state index contributed by atoms with van der Waals surface area (Å²) in [5.74, 6) is -1.04. The van der Waals surface area contributed by atoms with Crippen LogP contribution in [0.1, 0.15) is 32.3 Å². The number of carbonyl (C=O) groups is 2. The van der Waals surface area contributed by atoms with Gasteiger partial charge in [-0.05, 0) is 38.0 Å². The lowest BCUT2D eigenvalue weighted by Gasteiger charge is -2.21. The van der Waals surface area contributed by atoms with Crippen LogP contribution in [0.25, 0.3) is 0 Å². The van der Waals surface area contributed by atoms with E-state index >= 15 is 0 Å². The molecular weight excluding hydrogens is 446 g/mol. The summed E-state index contributed by atoms with van der Waals surface area (Å²) in [7, 11) is -3.72. The van der Waals surface area contributed by atoms with Gasteiger partial charge in [-0.2, -0.15) is 0 Å². The maximum absolute atomic E-state index is 12.4. The topological polar surface area (TPSA) is 108 Å². The van der Waals surface area contributed by atoms with Crippen LogP contribution in [0.15, 0.2) is 65.6 Å². The van der Waals surface area contributed by atoms with Gasteiger partial charge in [0.1, 0.15) is 18.1 Å². The Morgan fingerprint density at radius 3 is 2.24 bits per heavy atom. The van der Waals surface area contributed by atoms with Crippen LogP contribution < -0.4 is 5.32 Å². The van der Waals surface area contributed by atoms with Gasteiger partial charge in [-0.15, -0.1) is 0 Å². The SMILES string of the molecule is CCOC(C)OCC(CCC(=O)CS(=O)(=O)c1ccccc1)NC(=O)OCc1ccccc1. The molecule has 8 nitrogen and oxygen atoms in total. The molecule has 2 atom stereocenters. The Kier molecular flexibility index (Phi) is 11.0. The van der Waals surface area contributed by atoms with Crippen molar-refractivity contribution in [3.8, 4) is 0 Å². The quantitative estimate of drug-likeness (QED) is 0.415. The third-order valence-electron chi connectivity index (χ3n) is 4.69. The maximum Gasteiger partial charge on any atom is 0.407 e. The van der Waals surface area contributed by atoms with Gasteiger partial charge in [-0.25, -0.2) is 13.2 Å². The third-order valence-corrected chi connectivity index (χ3v) is 6.39. The summed E-state index contributed by atoms with van der Waals surface area (Å²) in [5, 5.41) is 2.69. The largest absolute Gasteiger partial charge is 0.445 e. The van der Waals surface area contributed by atoms with E-state index in [-0.39, 0.29) is 31.0 Å². The number of ketones is 1. The van der Waals surface area contributed by atoms with E-state index in [0.717, 1.165) is 5.56 Å². The molecule has 2 aromatic rings. The Hall–Kier alpha value is -2.75. The molecule has 0 aliphatic carbocycles. The first-order valence-electron chi connectivity index (χ1n) is 10.8. The number of hydrogen-bond acceptors (Lipinski definition) is 7. The molecule has 0 fully saturated rings. The van der Waals surface area contributed by atoms with E-state index in [0.29, 0.717) is 6.61 Å². The van der Waals surface area contributed by atoms with Crippen molar-refractivity contribution >= 4 is 21.7 Å². The predicted molar refractivity (Wildman–Crippen MR) is 123 cm³/mol. The van der Waals surface area contributed by atoms with Crippen LogP contribution in [0.2, 0.25) is 0 Å². The standard InChI is InChI=1S/C24H31NO7S/c1-3-30-19(2)31-17-21(25-24(27)32-16-20-10-6-4-7-11-20)14-15-22(26)18-33(28,29)23-12-8-5-9-13-23/h4-13,19,21H,3,14-18H2,1-2H3,(H,25,27). The van der Waals surface area contributed by atoms with Crippen LogP contribution >= 0.6 is 0 Å². The number of hydrogen-bond donors (Lipinski definition) is 1. The van der Waals surface area contributed by atoms with Crippen molar-refractivity contribution in [1.29, 1.82) is 0 Å². The van der Waals surface area contributed by atoms with Gasteiger partial charge in [-0.3, -0.25) is 4.79 Å². The van der Waals surface area contributed by atoms with Crippen LogP contribution in [-0.2, 0) is 35.4 Å². The molecule has 0 bridgehead atoms.